The fourth-order valence-corrected chi connectivity index (χ4v) is 1.84. The minimum absolute atomic E-state index is 0.106. The maximum Gasteiger partial charge on any atom is 0.158 e. The van der Waals surface area contributed by atoms with Gasteiger partial charge in [-0.05, 0) is 0 Å². The van der Waals surface area contributed by atoms with Crippen LogP contribution in [0.25, 0.3) is 0 Å². The molecule has 4 unspecified atom stereocenters. The first-order valence-electron chi connectivity index (χ1n) is 4.10. The highest BCUT2D eigenvalue weighted by Crippen LogP contribution is 2.22. The molecule has 0 spiro atoms. The van der Waals surface area contributed by atoms with E-state index in [1.165, 1.54) is 0 Å². The molecular formula is C7H13O5P. The van der Waals surface area contributed by atoms with Crippen molar-refractivity contribution in [1.29, 1.82) is 0 Å². The number of ether oxygens (including phenoxy) is 1. The smallest absolute Gasteiger partial charge is 0.158 e. The van der Waals surface area contributed by atoms with Gasteiger partial charge in [0.05, 0.1) is 31.1 Å². The zero-order valence-electron chi connectivity index (χ0n) is 7.04. The largest absolute Gasteiger partial charge is 0.394 e. The molecule has 0 saturated carbocycles. The first-order chi connectivity index (χ1) is 6.19. The normalized spacial score (nSPS) is 40.8. The zero-order valence-corrected chi connectivity index (χ0v) is 7.93. The summed E-state index contributed by atoms with van der Waals surface area (Å²) in [5.74, 6) is 0. The number of aliphatic hydroxyl groups excluding tert-OH is 3. The molecule has 1 saturated heterocycles. The third-order valence-corrected chi connectivity index (χ3v) is 2.63. The summed E-state index contributed by atoms with van der Waals surface area (Å²) in [5.41, 5.74) is 0. The molecule has 6 heteroatoms. The van der Waals surface area contributed by atoms with Crippen molar-refractivity contribution in [2.45, 2.75) is 30.8 Å². The summed E-state index contributed by atoms with van der Waals surface area (Å²) in [6.45, 7) is -0.292. The third-order valence-electron chi connectivity index (χ3n) is 2.13. The predicted octanol–water partition coefficient (Wildman–Crippen LogP) is -0.850. The average molecular weight is 208 g/mol. The van der Waals surface area contributed by atoms with Crippen LogP contribution >= 0.6 is 8.46 Å². The van der Waals surface area contributed by atoms with E-state index in [1.807, 2.05) is 0 Å². The monoisotopic (exact) mass is 208 g/mol. The molecule has 5 nitrogen and oxygen atoms in total. The highest BCUT2D eigenvalue weighted by molar-refractivity contribution is 7.23. The quantitative estimate of drug-likeness (QED) is 0.526. The van der Waals surface area contributed by atoms with Crippen LogP contribution in [0.5, 0.6) is 0 Å². The molecule has 76 valence electrons. The van der Waals surface area contributed by atoms with Crippen molar-refractivity contribution in [3.8, 4) is 0 Å². The van der Waals surface area contributed by atoms with Crippen molar-refractivity contribution in [3.05, 3.63) is 0 Å². The number of hydrogen-bond donors (Lipinski definition) is 3. The van der Waals surface area contributed by atoms with E-state index in [-0.39, 0.29) is 27.6 Å². The van der Waals surface area contributed by atoms with Gasteiger partial charge in [-0.1, -0.05) is 0 Å². The molecule has 0 aromatic heterocycles. The van der Waals surface area contributed by atoms with E-state index in [0.29, 0.717) is 0 Å². The summed E-state index contributed by atoms with van der Waals surface area (Å²) >= 11 is 0. The lowest BCUT2D eigenvalue weighted by molar-refractivity contribution is -0.171. The van der Waals surface area contributed by atoms with E-state index in [2.05, 4.69) is 0 Å². The standard InChI is InChI=1S/C7H13O5P/c8-2-6-4(9)1-5(10)7(12-6)3-13-11/h4-10H,1-3H2. The van der Waals surface area contributed by atoms with Gasteiger partial charge in [0.25, 0.3) is 0 Å². The maximum atomic E-state index is 10.3. The highest BCUT2D eigenvalue weighted by Gasteiger charge is 2.35. The van der Waals surface area contributed by atoms with Gasteiger partial charge in [-0.15, -0.1) is 0 Å². The molecule has 1 fully saturated rings. The topological polar surface area (TPSA) is 87.0 Å². The Morgan fingerprint density at radius 3 is 2.46 bits per heavy atom. The molecule has 1 heterocycles. The Balaban J connectivity index is 2.52. The number of aliphatic hydroxyl groups is 3. The van der Waals surface area contributed by atoms with E-state index in [9.17, 15) is 14.8 Å². The molecule has 0 aromatic rings. The Morgan fingerprint density at radius 2 is 1.92 bits per heavy atom. The summed E-state index contributed by atoms with van der Waals surface area (Å²) in [4.78, 5) is 0. The fourth-order valence-electron chi connectivity index (χ4n) is 1.36. The van der Waals surface area contributed by atoms with Crippen LogP contribution in [0, 0.1) is 0 Å². The van der Waals surface area contributed by atoms with Crippen LogP contribution in [0.2, 0.25) is 0 Å². The second-order valence-electron chi connectivity index (χ2n) is 3.08. The first kappa shape index (κ1) is 11.0. The Morgan fingerprint density at radius 1 is 1.31 bits per heavy atom. The van der Waals surface area contributed by atoms with Gasteiger partial charge in [0, 0.05) is 6.42 Å². The van der Waals surface area contributed by atoms with Gasteiger partial charge < -0.3 is 20.1 Å². The van der Waals surface area contributed by atoms with Crippen molar-refractivity contribution in [2.24, 2.45) is 0 Å². The van der Waals surface area contributed by atoms with Gasteiger partial charge >= 0.3 is 0 Å². The number of hydrogen-bond acceptors (Lipinski definition) is 5. The lowest BCUT2D eigenvalue weighted by Gasteiger charge is -2.35. The van der Waals surface area contributed by atoms with Crippen LogP contribution in [0.4, 0.5) is 0 Å². The SMILES string of the molecule is O=PCC1OC(CO)C(O)CC1O. The lowest BCUT2D eigenvalue weighted by Crippen LogP contribution is -2.49. The summed E-state index contributed by atoms with van der Waals surface area (Å²) in [6.07, 6.45) is -2.54. The van der Waals surface area contributed by atoms with Crippen LogP contribution in [0.1, 0.15) is 6.42 Å². The van der Waals surface area contributed by atoms with E-state index >= 15 is 0 Å². The summed E-state index contributed by atoms with van der Waals surface area (Å²) in [7, 11) is -0.106. The lowest BCUT2D eigenvalue weighted by atomic mass is 9.99. The molecule has 0 bridgehead atoms. The van der Waals surface area contributed by atoms with Gasteiger partial charge in [0.15, 0.2) is 8.46 Å². The molecule has 13 heavy (non-hydrogen) atoms. The zero-order chi connectivity index (χ0) is 9.84. The molecule has 0 radical (unpaired) electrons. The van der Waals surface area contributed by atoms with Crippen molar-refractivity contribution >= 4 is 8.46 Å². The average Bonchev–Trinajstić information content (AvgIpc) is 2.10. The summed E-state index contributed by atoms with van der Waals surface area (Å²) < 4.78 is 15.4. The second kappa shape index (κ2) is 4.98. The Hall–Kier alpha value is -0.0600. The second-order valence-corrected chi connectivity index (χ2v) is 3.70. The molecule has 1 aliphatic rings. The van der Waals surface area contributed by atoms with Crippen LogP contribution in [-0.2, 0) is 9.30 Å². The molecular weight excluding hydrogens is 195 g/mol. The van der Waals surface area contributed by atoms with Gasteiger partial charge in [-0.3, -0.25) is 4.57 Å². The Labute approximate surface area is 77.5 Å². The van der Waals surface area contributed by atoms with E-state index in [0.717, 1.165) is 0 Å². The van der Waals surface area contributed by atoms with E-state index in [4.69, 9.17) is 9.84 Å². The molecule has 4 atom stereocenters. The summed E-state index contributed by atoms with van der Waals surface area (Å²) in [5, 5.41) is 27.5. The molecule has 1 rings (SSSR count). The van der Waals surface area contributed by atoms with Crippen molar-refractivity contribution in [2.75, 3.05) is 12.8 Å². The fraction of sp³-hybridized carbons (Fsp3) is 1.00. The molecule has 0 aliphatic carbocycles. The Kier molecular flexibility index (Phi) is 4.22. The third kappa shape index (κ3) is 2.69. The Bertz CT molecular complexity index is 176. The molecule has 1 aliphatic heterocycles. The van der Waals surface area contributed by atoms with Gasteiger partial charge in [-0.25, -0.2) is 0 Å². The van der Waals surface area contributed by atoms with Crippen LogP contribution in [0.15, 0.2) is 0 Å². The summed E-state index contributed by atoms with van der Waals surface area (Å²) in [6, 6.07) is 0. The van der Waals surface area contributed by atoms with Crippen molar-refractivity contribution < 1.29 is 24.6 Å². The van der Waals surface area contributed by atoms with Crippen LogP contribution < -0.4 is 0 Å². The van der Waals surface area contributed by atoms with Gasteiger partial charge in [-0.2, -0.15) is 0 Å². The first-order valence-corrected chi connectivity index (χ1v) is 5.10. The van der Waals surface area contributed by atoms with Crippen LogP contribution in [0.3, 0.4) is 0 Å². The van der Waals surface area contributed by atoms with E-state index in [1.54, 1.807) is 0 Å². The minimum Gasteiger partial charge on any atom is -0.394 e. The van der Waals surface area contributed by atoms with Gasteiger partial charge in [0.1, 0.15) is 6.10 Å². The number of rotatable bonds is 3. The van der Waals surface area contributed by atoms with Crippen molar-refractivity contribution in [1.82, 2.24) is 0 Å². The predicted molar refractivity (Wildman–Crippen MR) is 44.9 cm³/mol. The molecule has 0 amide bonds. The van der Waals surface area contributed by atoms with Crippen LogP contribution in [-0.4, -0.2) is 52.5 Å². The minimum atomic E-state index is -0.848. The molecule has 0 aromatic carbocycles. The van der Waals surface area contributed by atoms with Crippen molar-refractivity contribution in [3.63, 3.8) is 0 Å². The van der Waals surface area contributed by atoms with Gasteiger partial charge in [0.2, 0.25) is 0 Å². The highest BCUT2D eigenvalue weighted by atomic mass is 31.1. The van der Waals surface area contributed by atoms with E-state index < -0.39 is 24.4 Å². The maximum absolute atomic E-state index is 10.3. The molecule has 3 N–H and O–H groups in total.